The second kappa shape index (κ2) is 17.9. The molecule has 2 rings (SSSR count). The molecule has 0 unspecified atom stereocenters. The Hall–Kier alpha value is -1.57. The molecule has 180 valence electrons. The lowest BCUT2D eigenvalue weighted by molar-refractivity contribution is -0.703. The van der Waals surface area contributed by atoms with Crippen molar-refractivity contribution in [3.8, 4) is 5.69 Å². The number of hydrogen-bond donors (Lipinski definition) is 0. The van der Waals surface area contributed by atoms with Gasteiger partial charge in [0.1, 0.15) is 18.1 Å². The number of unbranched alkanes of at least 4 members (excludes halogenated alkanes) is 16. The molecule has 32 heavy (non-hydrogen) atoms. The highest BCUT2D eigenvalue weighted by Gasteiger charge is 2.16. The Morgan fingerprint density at radius 2 is 1.06 bits per heavy atom. The largest absolute Gasteiger partial charge is 0.261 e. The molecule has 0 N–H and O–H groups in total. The zero-order valence-corrected chi connectivity index (χ0v) is 21.4. The van der Waals surface area contributed by atoms with Gasteiger partial charge in [-0.05, 0) is 25.0 Å². The fourth-order valence-corrected chi connectivity index (χ4v) is 4.87. The van der Waals surface area contributed by atoms with Crippen LogP contribution in [0.4, 0.5) is 0 Å². The molecule has 0 fully saturated rings. The molecule has 0 amide bonds. The van der Waals surface area contributed by atoms with Gasteiger partial charge >= 0.3 is 0 Å². The molecular formula is C30H51N2+. The topological polar surface area (TPSA) is 8.81 Å². The van der Waals surface area contributed by atoms with Crippen molar-refractivity contribution in [2.24, 2.45) is 0 Å². The first-order valence-electron chi connectivity index (χ1n) is 14.0. The summed E-state index contributed by atoms with van der Waals surface area (Å²) in [5.74, 6) is 1.41. The van der Waals surface area contributed by atoms with Crippen LogP contribution >= 0.6 is 0 Å². The number of rotatable bonds is 20. The van der Waals surface area contributed by atoms with E-state index in [9.17, 15) is 0 Å². The number of hydrogen-bond acceptors (Lipinski definition) is 0. The van der Waals surface area contributed by atoms with Crippen LogP contribution in [0.5, 0.6) is 0 Å². The van der Waals surface area contributed by atoms with E-state index in [0.717, 1.165) is 13.0 Å². The van der Waals surface area contributed by atoms with E-state index in [-0.39, 0.29) is 0 Å². The summed E-state index contributed by atoms with van der Waals surface area (Å²) in [4.78, 5) is 0. The first-order chi connectivity index (χ1) is 15.9. The quantitative estimate of drug-likeness (QED) is 0.144. The van der Waals surface area contributed by atoms with Crippen molar-refractivity contribution in [1.29, 1.82) is 0 Å². The first-order valence-corrected chi connectivity index (χ1v) is 14.0. The SMILES string of the molecule is CCCCCCCCCCCCCCCCCCC[n+]1ccn(-c2ccccc2)c1CC. The van der Waals surface area contributed by atoms with E-state index >= 15 is 0 Å². The Morgan fingerprint density at radius 1 is 0.594 bits per heavy atom. The maximum Gasteiger partial charge on any atom is 0.261 e. The van der Waals surface area contributed by atoms with Crippen LogP contribution in [0.3, 0.4) is 0 Å². The Bertz CT molecular complexity index is 673. The molecule has 1 aromatic carbocycles. The Kier molecular flexibility index (Phi) is 14.9. The lowest BCUT2D eigenvalue weighted by Crippen LogP contribution is -2.36. The van der Waals surface area contributed by atoms with Gasteiger partial charge in [0.2, 0.25) is 0 Å². The molecule has 0 atom stereocenters. The van der Waals surface area contributed by atoms with Crippen LogP contribution in [0.15, 0.2) is 42.7 Å². The van der Waals surface area contributed by atoms with Gasteiger partial charge in [0.25, 0.3) is 5.82 Å². The van der Waals surface area contributed by atoms with E-state index in [1.807, 2.05) is 0 Å². The van der Waals surface area contributed by atoms with Crippen LogP contribution in [-0.4, -0.2) is 4.57 Å². The van der Waals surface area contributed by atoms with E-state index < -0.39 is 0 Å². The molecule has 0 bridgehead atoms. The van der Waals surface area contributed by atoms with Crippen LogP contribution in [-0.2, 0) is 13.0 Å². The molecule has 2 heteroatoms. The molecule has 0 radical (unpaired) electrons. The lowest BCUT2D eigenvalue weighted by atomic mass is 10.0. The first kappa shape index (κ1) is 26.7. The van der Waals surface area contributed by atoms with Crippen LogP contribution in [0.25, 0.3) is 5.69 Å². The summed E-state index contributed by atoms with van der Waals surface area (Å²) in [6.45, 7) is 5.72. The van der Waals surface area contributed by atoms with Crippen LogP contribution in [0.1, 0.15) is 129 Å². The van der Waals surface area contributed by atoms with Gasteiger partial charge in [0.15, 0.2) is 0 Å². The minimum atomic E-state index is 1.07. The summed E-state index contributed by atoms with van der Waals surface area (Å²) < 4.78 is 4.80. The van der Waals surface area contributed by atoms with Gasteiger partial charge in [-0.15, -0.1) is 0 Å². The number of aromatic nitrogens is 2. The predicted molar refractivity (Wildman–Crippen MR) is 140 cm³/mol. The second-order valence-electron chi connectivity index (χ2n) is 9.62. The number of benzene rings is 1. The second-order valence-corrected chi connectivity index (χ2v) is 9.62. The standard InChI is InChI=1S/C30H51N2/c1-3-5-6-7-8-9-10-11-12-13-14-15-16-17-18-19-23-26-31-27-28-32(30(31)4-2)29-24-21-20-22-25-29/h20-22,24-25,27-28H,3-19,23,26H2,1-2H3/q+1. The summed E-state index contributed by atoms with van der Waals surface area (Å²) in [7, 11) is 0. The molecule has 1 aromatic heterocycles. The Balaban J connectivity index is 1.42. The highest BCUT2D eigenvalue weighted by atomic mass is 15.1. The van der Waals surface area contributed by atoms with Crippen molar-refractivity contribution in [3.63, 3.8) is 0 Å². The van der Waals surface area contributed by atoms with Gasteiger partial charge in [0, 0.05) is 6.42 Å². The molecular weight excluding hydrogens is 388 g/mol. The third-order valence-electron chi connectivity index (χ3n) is 6.86. The van der Waals surface area contributed by atoms with Gasteiger partial charge in [-0.2, -0.15) is 4.57 Å². The van der Waals surface area contributed by atoms with Crippen molar-refractivity contribution in [3.05, 3.63) is 48.5 Å². The molecule has 1 heterocycles. The Morgan fingerprint density at radius 3 is 1.53 bits per heavy atom. The monoisotopic (exact) mass is 439 g/mol. The fraction of sp³-hybridized carbons (Fsp3) is 0.700. The number of para-hydroxylation sites is 1. The number of nitrogens with zero attached hydrogens (tertiary/aromatic N) is 2. The number of aryl methyl sites for hydroxylation is 1. The maximum atomic E-state index is 2.46. The highest BCUT2D eigenvalue weighted by molar-refractivity contribution is 5.31. The van der Waals surface area contributed by atoms with Gasteiger partial charge in [-0.25, -0.2) is 4.57 Å². The summed E-state index contributed by atoms with van der Waals surface area (Å²) in [6, 6.07) is 10.7. The molecule has 0 aliphatic heterocycles. The minimum Gasteiger partial charge on any atom is -0.234 e. The Labute approximate surface area is 199 Å². The van der Waals surface area contributed by atoms with Gasteiger partial charge in [-0.1, -0.05) is 128 Å². The van der Waals surface area contributed by atoms with Crippen molar-refractivity contribution in [2.45, 2.75) is 136 Å². The molecule has 0 saturated carbocycles. The van der Waals surface area contributed by atoms with E-state index in [2.05, 4.69) is 65.7 Å². The molecule has 0 saturated heterocycles. The molecule has 0 spiro atoms. The molecule has 0 aliphatic carbocycles. The van der Waals surface area contributed by atoms with Crippen molar-refractivity contribution in [2.75, 3.05) is 0 Å². The average molecular weight is 440 g/mol. The van der Waals surface area contributed by atoms with Crippen LogP contribution in [0.2, 0.25) is 0 Å². The summed E-state index contributed by atoms with van der Waals surface area (Å²) in [5, 5.41) is 0. The third-order valence-corrected chi connectivity index (χ3v) is 6.86. The molecule has 2 aromatic rings. The molecule has 2 nitrogen and oxygen atoms in total. The predicted octanol–water partition coefficient (Wildman–Crippen LogP) is 8.98. The summed E-state index contributed by atoms with van der Waals surface area (Å²) in [5.41, 5.74) is 1.27. The molecule has 0 aliphatic rings. The lowest BCUT2D eigenvalue weighted by Gasteiger charge is -2.05. The maximum absolute atomic E-state index is 2.46. The smallest absolute Gasteiger partial charge is 0.234 e. The van der Waals surface area contributed by atoms with Gasteiger partial charge in [0.05, 0.1) is 6.54 Å². The average Bonchev–Trinajstić information content (AvgIpc) is 3.24. The van der Waals surface area contributed by atoms with Crippen molar-refractivity contribution >= 4 is 0 Å². The summed E-state index contributed by atoms with van der Waals surface area (Å²) in [6.07, 6.45) is 29.9. The van der Waals surface area contributed by atoms with Crippen LogP contribution in [0, 0.1) is 0 Å². The fourth-order valence-electron chi connectivity index (χ4n) is 4.87. The van der Waals surface area contributed by atoms with Gasteiger partial charge in [-0.3, -0.25) is 0 Å². The highest BCUT2D eigenvalue weighted by Crippen LogP contribution is 2.14. The zero-order chi connectivity index (χ0) is 22.7. The van der Waals surface area contributed by atoms with Crippen molar-refractivity contribution < 1.29 is 4.57 Å². The van der Waals surface area contributed by atoms with Crippen molar-refractivity contribution in [1.82, 2.24) is 4.57 Å². The number of imidazole rings is 1. The summed E-state index contributed by atoms with van der Waals surface area (Å²) >= 11 is 0. The van der Waals surface area contributed by atoms with E-state index in [1.165, 1.54) is 121 Å². The third kappa shape index (κ3) is 10.8. The van der Waals surface area contributed by atoms with Gasteiger partial charge < -0.3 is 0 Å². The normalized spacial score (nSPS) is 11.3. The van der Waals surface area contributed by atoms with E-state index in [1.54, 1.807) is 0 Å². The van der Waals surface area contributed by atoms with E-state index in [0.29, 0.717) is 0 Å². The zero-order valence-electron chi connectivity index (χ0n) is 21.4. The van der Waals surface area contributed by atoms with Crippen LogP contribution < -0.4 is 4.57 Å². The van der Waals surface area contributed by atoms with E-state index in [4.69, 9.17) is 0 Å². The minimum absolute atomic E-state index is 1.07.